The molecule has 0 bridgehead atoms. The molecule has 0 fully saturated rings. The number of benzene rings is 5. The van der Waals surface area contributed by atoms with E-state index in [-0.39, 0.29) is 5.16 Å². The summed E-state index contributed by atoms with van der Waals surface area (Å²) in [7, 11) is 4.75. The molecule has 6 heteroatoms. The predicted octanol–water partition coefficient (Wildman–Crippen LogP) is 5.55. The van der Waals surface area contributed by atoms with Crippen LogP contribution in [0.25, 0.3) is 0 Å². The van der Waals surface area contributed by atoms with Gasteiger partial charge in [0.15, 0.2) is 0 Å². The van der Waals surface area contributed by atoms with Crippen LogP contribution in [0.15, 0.2) is 158 Å². The molecule has 43 heavy (non-hydrogen) atoms. The summed E-state index contributed by atoms with van der Waals surface area (Å²) in [6.45, 7) is 0. The number of ether oxygens (including phenoxy) is 2. The van der Waals surface area contributed by atoms with E-state index >= 15 is 0 Å². The zero-order chi connectivity index (χ0) is 29.9. The largest absolute Gasteiger partial charge is 0.497 e. The first kappa shape index (κ1) is 29.7. The Labute approximate surface area is 258 Å². The van der Waals surface area contributed by atoms with Gasteiger partial charge in [-0.15, -0.1) is 0 Å². The molecule has 0 radical (unpaired) electrons. The van der Waals surface area contributed by atoms with Crippen molar-refractivity contribution in [1.29, 1.82) is 0 Å². The van der Waals surface area contributed by atoms with Gasteiger partial charge in [0, 0.05) is 12.4 Å². The second kappa shape index (κ2) is 14.4. The highest BCUT2D eigenvalue weighted by Gasteiger charge is 2.37. The van der Waals surface area contributed by atoms with Crippen LogP contribution in [0.3, 0.4) is 0 Å². The zero-order valence-electron chi connectivity index (χ0n) is 25.0. The van der Waals surface area contributed by atoms with Crippen LogP contribution in [0.2, 0.25) is 0 Å². The van der Waals surface area contributed by atoms with Crippen molar-refractivity contribution < 1.29 is 9.47 Å². The maximum absolute atomic E-state index is 5.56. The lowest BCUT2D eigenvalue weighted by Gasteiger charge is -2.37. The highest BCUT2D eigenvalue weighted by atomic mass is 28.2. The van der Waals surface area contributed by atoms with Crippen LogP contribution in [0.1, 0.15) is 28.1 Å². The first-order valence-electron chi connectivity index (χ1n) is 14.6. The molecule has 5 aromatic carbocycles. The van der Waals surface area contributed by atoms with E-state index in [1.807, 2.05) is 24.7 Å². The van der Waals surface area contributed by atoms with E-state index in [1.54, 1.807) is 14.2 Å². The number of hydrogen-bond acceptors (Lipinski definition) is 3. The van der Waals surface area contributed by atoms with Gasteiger partial charge < -0.3 is 14.0 Å². The molecule has 6 aromatic rings. The van der Waals surface area contributed by atoms with Crippen LogP contribution in [0.4, 0.5) is 0 Å². The summed E-state index contributed by atoms with van der Waals surface area (Å²) >= 11 is 0. The molecule has 6 rings (SSSR count). The average molecular weight is 581 g/mol. The molecule has 0 atom stereocenters. The van der Waals surface area contributed by atoms with Crippen molar-refractivity contribution in [2.75, 3.05) is 14.2 Å². The molecular formula is C37H37BN2O2Si. The molecule has 0 spiro atoms. The van der Waals surface area contributed by atoms with Gasteiger partial charge in [-0.2, -0.15) is 0 Å². The number of methoxy groups -OCH3 is 2. The Kier molecular flexibility index (Phi) is 9.93. The molecule has 4 nitrogen and oxygen atoms in total. The van der Waals surface area contributed by atoms with E-state index < -0.39 is 9.52 Å². The summed E-state index contributed by atoms with van der Waals surface area (Å²) in [4.78, 5) is 4.39. The van der Waals surface area contributed by atoms with Crippen molar-refractivity contribution in [1.82, 2.24) is 9.55 Å². The number of hydrogen-bond donors (Lipinski definition) is 0. The van der Waals surface area contributed by atoms with Crippen molar-refractivity contribution in [3.8, 4) is 11.5 Å². The van der Waals surface area contributed by atoms with Crippen LogP contribution < -0.4 is 14.7 Å². The number of aromatic nitrogens is 2. The van der Waals surface area contributed by atoms with E-state index in [2.05, 4.69) is 151 Å². The number of rotatable bonds is 9. The van der Waals surface area contributed by atoms with Gasteiger partial charge in [0.25, 0.3) is 0 Å². The summed E-state index contributed by atoms with van der Waals surface area (Å²) in [5.74, 6) is 2.17. The molecule has 1 heterocycles. The lowest BCUT2D eigenvalue weighted by Crippen LogP contribution is -2.46. The molecule has 1 aromatic heterocycles. The lowest BCUT2D eigenvalue weighted by atomic mass is 9.76. The summed E-state index contributed by atoms with van der Waals surface area (Å²) in [5.41, 5.74) is 5.11. The third-order valence-electron chi connectivity index (χ3n) is 7.94. The van der Waals surface area contributed by atoms with Gasteiger partial charge in [0.2, 0.25) is 0 Å². The molecule has 0 aliphatic carbocycles. The fourth-order valence-electron chi connectivity index (χ4n) is 5.57. The third kappa shape index (κ3) is 6.99. The highest BCUT2D eigenvalue weighted by molar-refractivity contribution is 6.57. The Morgan fingerprint density at radius 2 is 1.14 bits per heavy atom. The van der Waals surface area contributed by atoms with Gasteiger partial charge in [0.1, 0.15) is 19.3 Å². The molecule has 0 aliphatic heterocycles. The smallest absolute Gasteiger partial charge is 0.119 e. The second-order valence-corrected chi connectivity index (χ2v) is 12.7. The number of imidazole rings is 1. The molecule has 0 unspecified atom stereocenters. The van der Waals surface area contributed by atoms with Crippen molar-refractivity contribution in [3.63, 3.8) is 0 Å². The minimum atomic E-state index is -0.905. The summed E-state index contributed by atoms with van der Waals surface area (Å²) in [6.07, 6.45) is 5.80. The monoisotopic (exact) mass is 580 g/mol. The molecule has 0 saturated heterocycles. The predicted molar refractivity (Wildman–Crippen MR) is 182 cm³/mol. The maximum Gasteiger partial charge on any atom is 0.119 e. The van der Waals surface area contributed by atoms with Crippen LogP contribution in [-0.4, -0.2) is 41.1 Å². The molecule has 0 aliphatic rings. The maximum atomic E-state index is 5.56. The average Bonchev–Trinajstić information content (AvgIpc) is 3.64. The zero-order valence-corrected chi connectivity index (χ0v) is 26.4. The first-order chi connectivity index (χ1) is 21.1. The minimum Gasteiger partial charge on any atom is -0.497 e. The van der Waals surface area contributed by atoms with Crippen molar-refractivity contribution in [2.45, 2.75) is 11.0 Å². The fourth-order valence-corrected chi connectivity index (χ4v) is 7.89. The van der Waals surface area contributed by atoms with E-state index in [0.717, 1.165) is 11.5 Å². The first-order valence-corrected chi connectivity index (χ1v) is 16.0. The van der Waals surface area contributed by atoms with Crippen molar-refractivity contribution in [3.05, 3.63) is 181 Å². The summed E-state index contributed by atoms with van der Waals surface area (Å²) in [6, 6.07) is 48.6. The second-order valence-electron chi connectivity index (χ2n) is 10.5. The topological polar surface area (TPSA) is 36.3 Å². The van der Waals surface area contributed by atoms with Crippen LogP contribution in [0, 0.1) is 0 Å². The van der Waals surface area contributed by atoms with Gasteiger partial charge in [-0.3, -0.25) is 0 Å². The molecule has 0 saturated carbocycles. The van der Waals surface area contributed by atoms with Crippen LogP contribution in [0.5, 0.6) is 11.5 Å². The SMILES string of the molecule is BC(c1ccccc1)c1ccccc1.COc1cccc(C([SiH2]c2ccccc2)(c2cccc(OC)c2)n2ccnc2)c1. The van der Waals surface area contributed by atoms with Gasteiger partial charge in [-0.05, 0) is 52.3 Å². The standard InChI is InChI=1S/C24H24N2O2Si.C13H13B/c1-27-21-10-6-8-19(16-21)24(26-15-14-25-18-26,29-23-12-4-3-5-13-23)20-9-7-11-22(17-20)28-2;14-13(11-7-3-1-4-8-11)12-9-5-2-6-10-12/h3-18H,29H2,1-2H3;1-10,13H,14H2. The highest BCUT2D eigenvalue weighted by Crippen LogP contribution is 2.36. The van der Waals surface area contributed by atoms with Crippen molar-refractivity contribution >= 4 is 22.6 Å². The molecule has 0 N–H and O–H groups in total. The van der Waals surface area contributed by atoms with Crippen LogP contribution in [-0.2, 0) is 5.16 Å². The third-order valence-corrected chi connectivity index (χ3v) is 10.5. The van der Waals surface area contributed by atoms with Gasteiger partial charge in [0.05, 0.1) is 35.2 Å². The fraction of sp³-hybridized carbons (Fsp3) is 0.108. The Hall–Kier alpha value is -4.81. The van der Waals surface area contributed by atoms with E-state index in [1.165, 1.54) is 27.4 Å². The minimum absolute atomic E-state index is 0.374. The Morgan fingerprint density at radius 1 is 0.651 bits per heavy atom. The van der Waals surface area contributed by atoms with E-state index in [4.69, 9.17) is 9.47 Å². The summed E-state index contributed by atoms with van der Waals surface area (Å²) in [5, 5.41) is 0.993. The molecule has 0 amide bonds. The molecule has 214 valence electrons. The molecular weight excluding hydrogens is 543 g/mol. The van der Waals surface area contributed by atoms with E-state index in [0.29, 0.717) is 5.82 Å². The Balaban J connectivity index is 0.000000220. The summed E-state index contributed by atoms with van der Waals surface area (Å²) < 4.78 is 13.4. The van der Waals surface area contributed by atoms with Gasteiger partial charge in [-0.25, -0.2) is 4.98 Å². The Bertz CT molecular complexity index is 1590. The quantitative estimate of drug-likeness (QED) is 0.211. The van der Waals surface area contributed by atoms with Crippen LogP contribution >= 0.6 is 0 Å². The van der Waals surface area contributed by atoms with E-state index in [9.17, 15) is 0 Å². The van der Waals surface area contributed by atoms with Gasteiger partial charge in [-0.1, -0.05) is 120 Å². The lowest BCUT2D eigenvalue weighted by molar-refractivity contribution is 0.411. The van der Waals surface area contributed by atoms with Gasteiger partial charge >= 0.3 is 0 Å². The normalized spacial score (nSPS) is 11.2. The number of nitrogens with zero attached hydrogens (tertiary/aromatic N) is 2. The Morgan fingerprint density at radius 3 is 1.58 bits per heavy atom. The van der Waals surface area contributed by atoms with Crippen molar-refractivity contribution in [2.24, 2.45) is 0 Å².